The Hall–Kier alpha value is -0.240. The van der Waals surface area contributed by atoms with E-state index >= 15 is 0 Å². The third-order valence-electron chi connectivity index (χ3n) is 3.25. The summed E-state index contributed by atoms with van der Waals surface area (Å²) in [6.45, 7) is 1.36. The molecule has 3 atom stereocenters. The summed E-state index contributed by atoms with van der Waals surface area (Å²) in [5.41, 5.74) is 0. The fourth-order valence-corrected chi connectivity index (χ4v) is 2.05. The smallest absolute Gasteiger partial charge is 0.160 e. The molecule has 6 heteroatoms. The van der Waals surface area contributed by atoms with Crippen LogP contribution in [-0.4, -0.2) is 60.4 Å². The fraction of sp³-hybridized carbons (Fsp3) is 1.00. The molecule has 6 nitrogen and oxygen atoms in total. The first kappa shape index (κ1) is 17.8. The van der Waals surface area contributed by atoms with Crippen LogP contribution in [0.2, 0.25) is 0 Å². The summed E-state index contributed by atoms with van der Waals surface area (Å²) >= 11 is 0. The third-order valence-corrected chi connectivity index (χ3v) is 3.25. The zero-order valence-corrected chi connectivity index (χ0v) is 12.1. The Morgan fingerprint density at radius 1 is 0.950 bits per heavy atom. The number of aliphatic hydroxyl groups excluding tert-OH is 3. The summed E-state index contributed by atoms with van der Waals surface area (Å²) in [4.78, 5) is 0. The van der Waals surface area contributed by atoms with Crippen LogP contribution >= 0.6 is 0 Å². The molecule has 2 unspecified atom stereocenters. The lowest BCUT2D eigenvalue weighted by Gasteiger charge is -2.29. The van der Waals surface area contributed by atoms with Crippen molar-refractivity contribution < 1.29 is 29.5 Å². The molecule has 0 saturated carbocycles. The van der Waals surface area contributed by atoms with Crippen molar-refractivity contribution in [1.82, 2.24) is 0 Å². The van der Waals surface area contributed by atoms with Gasteiger partial charge in [0.15, 0.2) is 12.6 Å². The van der Waals surface area contributed by atoms with Gasteiger partial charge >= 0.3 is 0 Å². The molecule has 0 bridgehead atoms. The van der Waals surface area contributed by atoms with Crippen molar-refractivity contribution >= 4 is 0 Å². The SMILES string of the molecule is C1CCC(OC2CCCCO2)OC1.OCC[C@H](O)CO. The van der Waals surface area contributed by atoms with Crippen LogP contribution in [0.5, 0.6) is 0 Å². The highest BCUT2D eigenvalue weighted by atomic mass is 16.8. The topological polar surface area (TPSA) is 88.4 Å². The van der Waals surface area contributed by atoms with Crippen molar-refractivity contribution in [3.63, 3.8) is 0 Å². The van der Waals surface area contributed by atoms with E-state index in [1.807, 2.05) is 0 Å². The Kier molecular flexibility index (Phi) is 10.2. The van der Waals surface area contributed by atoms with Gasteiger partial charge in [-0.25, -0.2) is 0 Å². The largest absolute Gasteiger partial charge is 0.396 e. The summed E-state index contributed by atoms with van der Waals surface area (Å²) < 4.78 is 16.6. The maximum Gasteiger partial charge on any atom is 0.160 e. The second kappa shape index (κ2) is 11.4. The standard InChI is InChI=1S/C10H18O3.C4H10O3/c1-3-7-11-9(5-1)13-10-6-2-4-8-12-10;5-2-1-4(7)3-6/h9-10H,1-8H2;4-7H,1-3H2/t;4-/m.0/s1. The Labute approximate surface area is 120 Å². The minimum absolute atomic E-state index is 0.00292. The van der Waals surface area contributed by atoms with Crippen molar-refractivity contribution in [1.29, 1.82) is 0 Å². The average Bonchev–Trinajstić information content (AvgIpc) is 2.50. The van der Waals surface area contributed by atoms with Gasteiger partial charge < -0.3 is 29.5 Å². The van der Waals surface area contributed by atoms with E-state index in [1.54, 1.807) is 0 Å². The van der Waals surface area contributed by atoms with Gasteiger partial charge in [0, 0.05) is 19.8 Å². The molecule has 20 heavy (non-hydrogen) atoms. The number of hydrogen-bond acceptors (Lipinski definition) is 6. The minimum Gasteiger partial charge on any atom is -0.396 e. The Balaban J connectivity index is 0.000000246. The summed E-state index contributed by atoms with van der Waals surface area (Å²) in [5.74, 6) is 0. The Bertz CT molecular complexity index is 198. The normalized spacial score (nSPS) is 28.4. The first-order valence-corrected chi connectivity index (χ1v) is 7.54. The molecule has 2 aliphatic heterocycles. The van der Waals surface area contributed by atoms with Gasteiger partial charge in [-0.2, -0.15) is 0 Å². The number of hydrogen-bond donors (Lipinski definition) is 3. The highest BCUT2D eigenvalue weighted by molar-refractivity contribution is 4.59. The number of ether oxygens (including phenoxy) is 3. The monoisotopic (exact) mass is 292 g/mol. The van der Waals surface area contributed by atoms with Crippen LogP contribution in [0.25, 0.3) is 0 Å². The lowest BCUT2D eigenvalue weighted by atomic mass is 10.2. The van der Waals surface area contributed by atoms with E-state index in [2.05, 4.69) is 0 Å². The first-order valence-electron chi connectivity index (χ1n) is 7.54. The highest BCUT2D eigenvalue weighted by Gasteiger charge is 2.21. The second-order valence-electron chi connectivity index (χ2n) is 5.08. The molecular formula is C14H28O6. The van der Waals surface area contributed by atoms with Crippen molar-refractivity contribution in [2.45, 2.75) is 63.6 Å². The maximum atomic E-state index is 8.45. The van der Waals surface area contributed by atoms with Gasteiger partial charge in [0.1, 0.15) is 0 Å². The van der Waals surface area contributed by atoms with Gasteiger partial charge in [-0.05, 0) is 44.9 Å². The van der Waals surface area contributed by atoms with Crippen molar-refractivity contribution in [3.8, 4) is 0 Å². The number of aliphatic hydroxyl groups is 3. The Morgan fingerprint density at radius 2 is 1.50 bits per heavy atom. The third kappa shape index (κ3) is 8.14. The van der Waals surface area contributed by atoms with E-state index in [0.29, 0.717) is 0 Å². The summed E-state index contributed by atoms with van der Waals surface area (Å²) in [5, 5.41) is 24.6. The van der Waals surface area contributed by atoms with Crippen LogP contribution in [0.1, 0.15) is 44.9 Å². The van der Waals surface area contributed by atoms with E-state index in [1.165, 1.54) is 25.7 Å². The molecule has 2 aliphatic rings. The van der Waals surface area contributed by atoms with E-state index in [-0.39, 0.29) is 32.2 Å². The van der Waals surface area contributed by atoms with E-state index in [4.69, 9.17) is 29.5 Å². The van der Waals surface area contributed by atoms with Gasteiger partial charge in [-0.15, -0.1) is 0 Å². The van der Waals surface area contributed by atoms with E-state index < -0.39 is 6.10 Å². The molecule has 0 aromatic rings. The number of rotatable bonds is 5. The molecule has 0 spiro atoms. The molecule has 2 heterocycles. The lowest BCUT2D eigenvalue weighted by Crippen LogP contribution is -2.31. The molecule has 3 N–H and O–H groups in total. The Morgan fingerprint density at radius 3 is 1.80 bits per heavy atom. The van der Waals surface area contributed by atoms with Gasteiger partial charge in [-0.1, -0.05) is 0 Å². The maximum absolute atomic E-state index is 8.45. The molecule has 2 fully saturated rings. The van der Waals surface area contributed by atoms with Gasteiger partial charge in [0.2, 0.25) is 0 Å². The van der Waals surface area contributed by atoms with Crippen molar-refractivity contribution in [2.24, 2.45) is 0 Å². The summed E-state index contributed by atoms with van der Waals surface area (Å²) in [6.07, 6.45) is 6.35. The highest BCUT2D eigenvalue weighted by Crippen LogP contribution is 2.20. The molecule has 0 radical (unpaired) electrons. The van der Waals surface area contributed by atoms with Crippen LogP contribution < -0.4 is 0 Å². The van der Waals surface area contributed by atoms with Crippen LogP contribution in [0.3, 0.4) is 0 Å². The minimum atomic E-state index is -0.745. The zero-order chi connectivity index (χ0) is 14.6. The lowest BCUT2D eigenvalue weighted by molar-refractivity contribution is -0.264. The van der Waals surface area contributed by atoms with Gasteiger partial charge in [0.05, 0.1) is 12.7 Å². The van der Waals surface area contributed by atoms with Gasteiger partial charge in [0.25, 0.3) is 0 Å². The molecule has 0 aliphatic carbocycles. The van der Waals surface area contributed by atoms with E-state index in [9.17, 15) is 0 Å². The molecule has 2 rings (SSSR count). The molecule has 0 amide bonds. The molecule has 2 saturated heterocycles. The van der Waals surface area contributed by atoms with E-state index in [0.717, 1.165) is 26.1 Å². The van der Waals surface area contributed by atoms with Crippen LogP contribution in [-0.2, 0) is 14.2 Å². The van der Waals surface area contributed by atoms with Crippen molar-refractivity contribution in [2.75, 3.05) is 26.4 Å². The molecule has 0 aromatic heterocycles. The first-order chi connectivity index (χ1) is 9.76. The van der Waals surface area contributed by atoms with Crippen LogP contribution in [0, 0.1) is 0 Å². The summed E-state index contributed by atoms with van der Waals surface area (Å²) in [7, 11) is 0. The van der Waals surface area contributed by atoms with Crippen LogP contribution in [0.4, 0.5) is 0 Å². The fourth-order valence-electron chi connectivity index (χ4n) is 2.05. The van der Waals surface area contributed by atoms with Gasteiger partial charge in [-0.3, -0.25) is 0 Å². The second-order valence-corrected chi connectivity index (χ2v) is 5.08. The predicted molar refractivity (Wildman–Crippen MR) is 73.1 cm³/mol. The van der Waals surface area contributed by atoms with Crippen LogP contribution in [0.15, 0.2) is 0 Å². The van der Waals surface area contributed by atoms with Crippen molar-refractivity contribution in [3.05, 3.63) is 0 Å². The predicted octanol–water partition coefficient (Wildman–Crippen LogP) is 0.778. The molecule has 0 aromatic carbocycles. The zero-order valence-electron chi connectivity index (χ0n) is 12.1. The average molecular weight is 292 g/mol. The quantitative estimate of drug-likeness (QED) is 0.694. The summed E-state index contributed by atoms with van der Waals surface area (Å²) in [6, 6.07) is 0. The molecule has 120 valence electrons. The molecular weight excluding hydrogens is 264 g/mol.